The van der Waals surface area contributed by atoms with Crippen molar-refractivity contribution in [1.82, 2.24) is 9.97 Å². The number of hydrogen-bond donors (Lipinski definition) is 2. The summed E-state index contributed by atoms with van der Waals surface area (Å²) in [5.41, 5.74) is 2.49. The van der Waals surface area contributed by atoms with Crippen LogP contribution in [-0.4, -0.2) is 21.8 Å². The van der Waals surface area contributed by atoms with Crippen LogP contribution in [0, 0.1) is 6.92 Å². The number of hydrogen-bond acceptors (Lipinski definition) is 5. The normalized spacial score (nSPS) is 15.1. The highest BCUT2D eigenvalue weighted by atomic mass is 16.1. The first-order valence-corrected chi connectivity index (χ1v) is 8.60. The second-order valence-corrected chi connectivity index (χ2v) is 6.46. The number of anilines is 3. The minimum Gasteiger partial charge on any atom is -0.367 e. The zero-order valence-corrected chi connectivity index (χ0v) is 14.3. The molecule has 1 aliphatic carbocycles. The fourth-order valence-electron chi connectivity index (χ4n) is 3.07. The van der Waals surface area contributed by atoms with Crippen molar-refractivity contribution in [2.45, 2.75) is 52.0 Å². The molecule has 0 unspecified atom stereocenters. The molecule has 1 fully saturated rings. The third-order valence-corrected chi connectivity index (χ3v) is 4.36. The lowest BCUT2D eigenvalue weighted by atomic mass is 9.95. The van der Waals surface area contributed by atoms with E-state index in [4.69, 9.17) is 0 Å². The third-order valence-electron chi connectivity index (χ3n) is 4.36. The summed E-state index contributed by atoms with van der Waals surface area (Å²) in [5.74, 6) is 1.51. The largest absolute Gasteiger partial charge is 0.367 e. The van der Waals surface area contributed by atoms with Crippen LogP contribution in [0.5, 0.6) is 0 Å². The number of carbonyl (C=O) groups is 1. The number of nitrogens with zero attached hydrogens (tertiary/aromatic N) is 2. The van der Waals surface area contributed by atoms with Crippen molar-refractivity contribution in [2.75, 3.05) is 10.6 Å². The number of aryl methyl sites for hydroxylation is 1. The van der Waals surface area contributed by atoms with E-state index in [9.17, 15) is 4.79 Å². The Morgan fingerprint density at radius 2 is 1.79 bits per heavy atom. The molecule has 1 aliphatic rings. The SMILES string of the molecule is CC(=O)c1ccc(Nc2nc(C)cc(NC3CCCCC3)n2)cc1. The summed E-state index contributed by atoms with van der Waals surface area (Å²) in [6.07, 6.45) is 6.32. The highest BCUT2D eigenvalue weighted by Gasteiger charge is 2.14. The third kappa shape index (κ3) is 4.31. The highest BCUT2D eigenvalue weighted by Crippen LogP contribution is 2.22. The number of benzene rings is 1. The summed E-state index contributed by atoms with van der Waals surface area (Å²) < 4.78 is 0. The number of aromatic nitrogens is 2. The average molecular weight is 324 g/mol. The molecule has 5 heteroatoms. The summed E-state index contributed by atoms with van der Waals surface area (Å²) in [7, 11) is 0. The molecular weight excluding hydrogens is 300 g/mol. The van der Waals surface area contributed by atoms with Crippen LogP contribution in [0.4, 0.5) is 17.5 Å². The van der Waals surface area contributed by atoms with Gasteiger partial charge in [0.2, 0.25) is 5.95 Å². The van der Waals surface area contributed by atoms with Gasteiger partial charge in [-0.2, -0.15) is 4.98 Å². The molecule has 126 valence electrons. The van der Waals surface area contributed by atoms with Gasteiger partial charge in [-0.15, -0.1) is 0 Å². The van der Waals surface area contributed by atoms with Gasteiger partial charge in [0.1, 0.15) is 5.82 Å². The fraction of sp³-hybridized carbons (Fsp3) is 0.421. The van der Waals surface area contributed by atoms with E-state index in [2.05, 4.69) is 20.6 Å². The van der Waals surface area contributed by atoms with Crippen molar-refractivity contribution in [3.63, 3.8) is 0 Å². The molecule has 1 aromatic carbocycles. The molecule has 24 heavy (non-hydrogen) atoms. The van der Waals surface area contributed by atoms with Gasteiger partial charge in [0, 0.05) is 29.1 Å². The number of ketones is 1. The first-order valence-electron chi connectivity index (χ1n) is 8.60. The van der Waals surface area contributed by atoms with Crippen molar-refractivity contribution >= 4 is 23.2 Å². The molecule has 0 amide bonds. The Hall–Kier alpha value is -2.43. The minimum atomic E-state index is 0.0623. The van der Waals surface area contributed by atoms with Crippen LogP contribution in [-0.2, 0) is 0 Å². The molecule has 0 aliphatic heterocycles. The quantitative estimate of drug-likeness (QED) is 0.794. The maximum atomic E-state index is 11.3. The van der Waals surface area contributed by atoms with Crippen molar-refractivity contribution < 1.29 is 4.79 Å². The lowest BCUT2D eigenvalue weighted by Gasteiger charge is -2.23. The number of carbonyl (C=O) groups excluding carboxylic acids is 1. The summed E-state index contributed by atoms with van der Waals surface area (Å²) in [6, 6.07) is 9.85. The molecule has 1 heterocycles. The summed E-state index contributed by atoms with van der Waals surface area (Å²) >= 11 is 0. The van der Waals surface area contributed by atoms with E-state index >= 15 is 0 Å². The number of Topliss-reactive ketones (excluding diaryl/α,β-unsaturated/α-hetero) is 1. The van der Waals surface area contributed by atoms with Crippen LogP contribution >= 0.6 is 0 Å². The second-order valence-electron chi connectivity index (χ2n) is 6.46. The van der Waals surface area contributed by atoms with Gasteiger partial charge in [-0.1, -0.05) is 19.3 Å². The molecule has 1 aromatic heterocycles. The molecular formula is C19H24N4O. The second kappa shape index (κ2) is 7.43. The topological polar surface area (TPSA) is 66.9 Å². The molecule has 0 radical (unpaired) electrons. The number of nitrogens with one attached hydrogen (secondary N) is 2. The Labute approximate surface area is 142 Å². The molecule has 2 aromatic rings. The van der Waals surface area contributed by atoms with Gasteiger partial charge >= 0.3 is 0 Å². The van der Waals surface area contributed by atoms with Gasteiger partial charge in [0.05, 0.1) is 0 Å². The van der Waals surface area contributed by atoms with Crippen LogP contribution in [0.2, 0.25) is 0 Å². The van der Waals surface area contributed by atoms with E-state index < -0.39 is 0 Å². The molecule has 3 rings (SSSR count). The molecule has 0 saturated heterocycles. The maximum Gasteiger partial charge on any atom is 0.229 e. The molecule has 1 saturated carbocycles. The van der Waals surface area contributed by atoms with Crippen LogP contribution < -0.4 is 10.6 Å². The fourth-order valence-corrected chi connectivity index (χ4v) is 3.07. The van der Waals surface area contributed by atoms with Crippen molar-refractivity contribution in [1.29, 1.82) is 0 Å². The summed E-state index contributed by atoms with van der Waals surface area (Å²) in [6.45, 7) is 3.53. The van der Waals surface area contributed by atoms with Gasteiger partial charge in [0.25, 0.3) is 0 Å². The smallest absolute Gasteiger partial charge is 0.229 e. The Kier molecular flexibility index (Phi) is 5.08. The zero-order valence-electron chi connectivity index (χ0n) is 14.3. The van der Waals surface area contributed by atoms with E-state index in [1.807, 2.05) is 37.3 Å². The minimum absolute atomic E-state index is 0.0623. The Morgan fingerprint density at radius 3 is 2.46 bits per heavy atom. The summed E-state index contributed by atoms with van der Waals surface area (Å²) in [4.78, 5) is 20.4. The van der Waals surface area contributed by atoms with E-state index in [1.165, 1.54) is 32.1 Å². The lowest BCUT2D eigenvalue weighted by molar-refractivity contribution is 0.101. The van der Waals surface area contributed by atoms with E-state index in [1.54, 1.807) is 6.92 Å². The van der Waals surface area contributed by atoms with E-state index in [-0.39, 0.29) is 5.78 Å². The zero-order chi connectivity index (χ0) is 16.9. The van der Waals surface area contributed by atoms with Gasteiger partial charge < -0.3 is 10.6 Å². The van der Waals surface area contributed by atoms with E-state index in [0.717, 1.165) is 17.2 Å². The monoisotopic (exact) mass is 324 g/mol. The Bertz CT molecular complexity index is 706. The van der Waals surface area contributed by atoms with Crippen molar-refractivity contribution in [3.8, 4) is 0 Å². The molecule has 2 N–H and O–H groups in total. The maximum absolute atomic E-state index is 11.3. The van der Waals surface area contributed by atoms with Crippen LogP contribution in [0.15, 0.2) is 30.3 Å². The van der Waals surface area contributed by atoms with Gasteiger partial charge in [0.15, 0.2) is 5.78 Å². The Morgan fingerprint density at radius 1 is 1.08 bits per heavy atom. The van der Waals surface area contributed by atoms with Crippen LogP contribution in [0.3, 0.4) is 0 Å². The predicted molar refractivity (Wildman–Crippen MR) is 97.0 cm³/mol. The van der Waals surface area contributed by atoms with Crippen LogP contribution in [0.1, 0.15) is 55.1 Å². The van der Waals surface area contributed by atoms with Gasteiger partial charge in [-0.3, -0.25) is 4.79 Å². The average Bonchev–Trinajstić information content (AvgIpc) is 2.55. The lowest BCUT2D eigenvalue weighted by Crippen LogP contribution is -2.23. The first kappa shape index (κ1) is 16.4. The number of rotatable bonds is 5. The predicted octanol–water partition coefficient (Wildman–Crippen LogP) is 4.48. The highest BCUT2D eigenvalue weighted by molar-refractivity contribution is 5.94. The Balaban J connectivity index is 1.71. The standard InChI is InChI=1S/C19H24N4O/c1-13-12-18(21-16-6-4-3-5-7-16)23-19(20-13)22-17-10-8-15(9-11-17)14(2)24/h8-12,16H,3-7H2,1-2H3,(H2,20,21,22,23). The molecule has 0 atom stereocenters. The molecule has 0 spiro atoms. The van der Waals surface area contributed by atoms with Gasteiger partial charge in [-0.25, -0.2) is 4.98 Å². The van der Waals surface area contributed by atoms with Crippen molar-refractivity contribution in [2.24, 2.45) is 0 Å². The molecule has 5 nitrogen and oxygen atoms in total. The first-order chi connectivity index (χ1) is 11.6. The summed E-state index contributed by atoms with van der Waals surface area (Å²) in [5, 5.41) is 6.75. The van der Waals surface area contributed by atoms with Crippen molar-refractivity contribution in [3.05, 3.63) is 41.6 Å². The van der Waals surface area contributed by atoms with E-state index in [0.29, 0.717) is 17.6 Å². The molecule has 0 bridgehead atoms. The van der Waals surface area contributed by atoms with Gasteiger partial charge in [-0.05, 0) is 51.0 Å². The van der Waals surface area contributed by atoms with Crippen LogP contribution in [0.25, 0.3) is 0 Å².